The van der Waals surface area contributed by atoms with E-state index in [0.717, 1.165) is 28.5 Å². The van der Waals surface area contributed by atoms with Crippen molar-refractivity contribution in [1.29, 1.82) is 0 Å². The molecule has 9 heteroatoms. The lowest BCUT2D eigenvalue weighted by Gasteiger charge is -2.10. The van der Waals surface area contributed by atoms with Crippen LogP contribution in [0.5, 0.6) is 5.75 Å². The van der Waals surface area contributed by atoms with Gasteiger partial charge in [0.2, 0.25) is 5.75 Å². The molecule has 0 unspecified atom stereocenters. The zero-order valence-electron chi connectivity index (χ0n) is 14.1. The summed E-state index contributed by atoms with van der Waals surface area (Å²) in [6, 6.07) is 9.67. The maximum absolute atomic E-state index is 12.5. The predicted octanol–water partition coefficient (Wildman–Crippen LogP) is 4.00. The number of nitro groups is 1. The van der Waals surface area contributed by atoms with Gasteiger partial charge in [0.05, 0.1) is 22.5 Å². The number of hydrogen-bond acceptors (Lipinski definition) is 5. The molecular formula is C17H16F2N4O3. The van der Waals surface area contributed by atoms with Crippen molar-refractivity contribution in [3.63, 3.8) is 0 Å². The Morgan fingerprint density at radius 2 is 2.08 bits per heavy atom. The Morgan fingerprint density at radius 1 is 1.31 bits per heavy atom. The smallest absolute Gasteiger partial charge is 0.387 e. The minimum atomic E-state index is -3.15. The van der Waals surface area contributed by atoms with Crippen molar-refractivity contribution >= 4 is 22.4 Å². The van der Waals surface area contributed by atoms with Gasteiger partial charge in [-0.1, -0.05) is 6.07 Å². The molecule has 0 aliphatic carbocycles. The van der Waals surface area contributed by atoms with E-state index in [4.69, 9.17) is 0 Å². The molecule has 26 heavy (non-hydrogen) atoms. The second-order valence-electron chi connectivity index (χ2n) is 5.75. The lowest BCUT2D eigenvalue weighted by atomic mass is 10.2. The topological polar surface area (TPSA) is 82.2 Å². The molecule has 0 spiro atoms. The van der Waals surface area contributed by atoms with Crippen LogP contribution in [0, 0.1) is 17.0 Å². The van der Waals surface area contributed by atoms with Crippen molar-refractivity contribution in [2.45, 2.75) is 20.1 Å². The Hall–Kier alpha value is -3.23. The van der Waals surface area contributed by atoms with Crippen LogP contribution in [0.15, 0.2) is 36.4 Å². The molecular weight excluding hydrogens is 346 g/mol. The third-order valence-corrected chi connectivity index (χ3v) is 3.95. The van der Waals surface area contributed by atoms with Gasteiger partial charge in [-0.15, -0.1) is 0 Å². The summed E-state index contributed by atoms with van der Waals surface area (Å²) >= 11 is 0. The van der Waals surface area contributed by atoms with Gasteiger partial charge in [0.25, 0.3) is 0 Å². The van der Waals surface area contributed by atoms with Crippen molar-refractivity contribution < 1.29 is 18.4 Å². The molecule has 2 aromatic carbocycles. The summed E-state index contributed by atoms with van der Waals surface area (Å²) in [5, 5.41) is 13.9. The molecule has 0 saturated heterocycles. The van der Waals surface area contributed by atoms with Crippen molar-refractivity contribution in [1.82, 2.24) is 9.55 Å². The van der Waals surface area contributed by atoms with E-state index in [0.29, 0.717) is 12.2 Å². The van der Waals surface area contributed by atoms with E-state index in [9.17, 15) is 18.9 Å². The molecule has 0 atom stereocenters. The molecule has 0 fully saturated rings. The summed E-state index contributed by atoms with van der Waals surface area (Å²) in [5.41, 5.74) is 2.82. The van der Waals surface area contributed by atoms with Gasteiger partial charge >= 0.3 is 12.3 Å². The van der Waals surface area contributed by atoms with Gasteiger partial charge in [-0.25, -0.2) is 4.98 Å². The van der Waals surface area contributed by atoms with Gasteiger partial charge < -0.3 is 14.6 Å². The molecule has 0 radical (unpaired) electrons. The van der Waals surface area contributed by atoms with E-state index in [2.05, 4.69) is 15.0 Å². The molecule has 7 nitrogen and oxygen atoms in total. The van der Waals surface area contributed by atoms with Crippen LogP contribution in [0.1, 0.15) is 11.4 Å². The number of fused-ring (bicyclic) bond motifs is 1. The largest absolute Gasteiger partial charge is 0.427 e. The number of anilines is 1. The number of aryl methyl sites for hydroxylation is 2. The summed E-state index contributed by atoms with van der Waals surface area (Å²) in [5.74, 6) is 0.246. The normalized spacial score (nSPS) is 11.1. The van der Waals surface area contributed by atoms with Gasteiger partial charge in [0.15, 0.2) is 0 Å². The summed E-state index contributed by atoms with van der Waals surface area (Å²) in [7, 11) is 1.88. The van der Waals surface area contributed by atoms with E-state index >= 15 is 0 Å². The second-order valence-corrected chi connectivity index (χ2v) is 5.75. The number of ether oxygens (including phenoxy) is 1. The molecule has 3 rings (SSSR count). The molecule has 0 aliphatic heterocycles. The molecule has 136 valence electrons. The predicted molar refractivity (Wildman–Crippen MR) is 92.5 cm³/mol. The number of nitro benzene ring substituents is 1. The van der Waals surface area contributed by atoms with E-state index in [1.807, 2.05) is 36.7 Å². The van der Waals surface area contributed by atoms with Crippen LogP contribution in [0.25, 0.3) is 11.0 Å². The number of alkyl halides is 2. The highest BCUT2D eigenvalue weighted by molar-refractivity contribution is 5.76. The van der Waals surface area contributed by atoms with Crippen molar-refractivity contribution in [2.75, 3.05) is 5.32 Å². The highest BCUT2D eigenvalue weighted by Gasteiger charge is 2.19. The summed E-state index contributed by atoms with van der Waals surface area (Å²) in [6.45, 7) is -0.851. The number of hydrogen-bond donors (Lipinski definition) is 1. The van der Waals surface area contributed by atoms with Gasteiger partial charge in [0, 0.05) is 24.9 Å². The van der Waals surface area contributed by atoms with Crippen LogP contribution < -0.4 is 10.1 Å². The Morgan fingerprint density at radius 3 is 2.77 bits per heavy atom. The van der Waals surface area contributed by atoms with Crippen LogP contribution in [0.4, 0.5) is 20.2 Å². The average molecular weight is 362 g/mol. The van der Waals surface area contributed by atoms with Gasteiger partial charge in [-0.3, -0.25) is 10.1 Å². The van der Waals surface area contributed by atoms with Crippen molar-refractivity contribution in [2.24, 2.45) is 7.05 Å². The first kappa shape index (κ1) is 17.6. The van der Waals surface area contributed by atoms with Crippen LogP contribution in [-0.4, -0.2) is 21.1 Å². The number of benzene rings is 2. The summed E-state index contributed by atoms with van der Waals surface area (Å²) in [6.07, 6.45) is 0. The standard InChI is InChI=1S/C17H16F2N4O3/c1-10-3-5-13-12(7-10)21-16(22(13)2)9-20-11-4-6-14(23(24)25)15(8-11)26-17(18)19/h3-8,17,20H,9H2,1-2H3. The molecule has 1 aromatic heterocycles. The van der Waals surface area contributed by atoms with Crippen LogP contribution >= 0.6 is 0 Å². The van der Waals surface area contributed by atoms with Crippen LogP contribution in [-0.2, 0) is 13.6 Å². The minimum absolute atomic E-state index is 0.316. The molecule has 1 N–H and O–H groups in total. The minimum Gasteiger partial charge on any atom is -0.427 e. The van der Waals surface area contributed by atoms with Gasteiger partial charge in [0.1, 0.15) is 5.82 Å². The fourth-order valence-electron chi connectivity index (χ4n) is 2.66. The lowest BCUT2D eigenvalue weighted by Crippen LogP contribution is -2.08. The SMILES string of the molecule is Cc1ccc2c(c1)nc(CNc1ccc([N+](=O)[O-])c(OC(F)F)c1)n2C. The summed E-state index contributed by atoms with van der Waals surface area (Å²) in [4.78, 5) is 14.7. The van der Waals surface area contributed by atoms with Crippen molar-refractivity contribution in [3.05, 3.63) is 57.9 Å². The van der Waals surface area contributed by atoms with E-state index in [1.165, 1.54) is 12.1 Å². The first-order valence-electron chi connectivity index (χ1n) is 7.74. The third kappa shape index (κ3) is 3.56. The Kier molecular flexibility index (Phi) is 4.70. The van der Waals surface area contributed by atoms with E-state index < -0.39 is 23.0 Å². The number of nitrogens with one attached hydrogen (secondary N) is 1. The molecule has 0 amide bonds. The van der Waals surface area contributed by atoms with Gasteiger partial charge in [-0.05, 0) is 30.7 Å². The summed E-state index contributed by atoms with van der Waals surface area (Å²) < 4.78 is 31.1. The first-order chi connectivity index (χ1) is 12.3. The zero-order chi connectivity index (χ0) is 18.8. The number of halogens is 2. The maximum Gasteiger partial charge on any atom is 0.387 e. The van der Waals surface area contributed by atoms with E-state index in [-0.39, 0.29) is 0 Å². The molecule has 0 saturated carbocycles. The number of rotatable bonds is 6. The lowest BCUT2D eigenvalue weighted by molar-refractivity contribution is -0.386. The quantitative estimate of drug-likeness (QED) is 0.529. The highest BCUT2D eigenvalue weighted by Crippen LogP contribution is 2.31. The first-order valence-corrected chi connectivity index (χ1v) is 7.74. The number of imidazole rings is 1. The second kappa shape index (κ2) is 6.95. The Bertz CT molecular complexity index is 972. The average Bonchev–Trinajstić information content (AvgIpc) is 2.87. The Labute approximate surface area is 147 Å². The molecule has 0 aliphatic rings. The van der Waals surface area contributed by atoms with Crippen LogP contribution in [0.3, 0.4) is 0 Å². The number of aromatic nitrogens is 2. The third-order valence-electron chi connectivity index (χ3n) is 3.95. The Balaban J connectivity index is 1.83. The fourth-order valence-corrected chi connectivity index (χ4v) is 2.66. The number of nitrogens with zero attached hydrogens (tertiary/aromatic N) is 3. The zero-order valence-corrected chi connectivity index (χ0v) is 14.1. The van der Waals surface area contributed by atoms with E-state index in [1.54, 1.807) is 0 Å². The molecule has 1 heterocycles. The van der Waals surface area contributed by atoms with Gasteiger partial charge in [-0.2, -0.15) is 8.78 Å². The molecule has 0 bridgehead atoms. The van der Waals surface area contributed by atoms with Crippen molar-refractivity contribution in [3.8, 4) is 5.75 Å². The fraction of sp³-hybridized carbons (Fsp3) is 0.235. The highest BCUT2D eigenvalue weighted by atomic mass is 19.3. The maximum atomic E-state index is 12.5. The molecule has 3 aromatic rings. The monoisotopic (exact) mass is 362 g/mol. The van der Waals surface area contributed by atoms with Crippen LogP contribution in [0.2, 0.25) is 0 Å².